The number of nitrogens with two attached hydrogens (primary N) is 1. The van der Waals surface area contributed by atoms with Crippen LogP contribution in [0.5, 0.6) is 0 Å². The first-order valence-electron chi connectivity index (χ1n) is 6.32. The molecule has 22 heavy (non-hydrogen) atoms. The number of halogens is 1. The Morgan fingerprint density at radius 2 is 1.64 bits per heavy atom. The van der Waals surface area contributed by atoms with E-state index in [1.807, 2.05) is 0 Å². The zero-order chi connectivity index (χ0) is 15.7. The summed E-state index contributed by atoms with van der Waals surface area (Å²) in [4.78, 5) is 10.2. The van der Waals surface area contributed by atoms with Gasteiger partial charge < -0.3 is 10.3 Å². The van der Waals surface area contributed by atoms with Crippen LogP contribution in [-0.2, 0) is 0 Å². The Balaban J connectivity index is 2.09. The van der Waals surface area contributed by atoms with Crippen molar-refractivity contribution < 1.29 is 13.8 Å². The minimum Gasteiger partial charge on any atom is -0.367 e. The molecule has 3 rings (SSSR count). The number of nitrogen functional groups attached to an aromatic ring is 1. The second-order valence-electron chi connectivity index (χ2n) is 4.58. The number of nitrogens with zero attached hydrogens (tertiary/aromatic N) is 2. The lowest BCUT2D eigenvalue weighted by atomic mass is 10.0. The lowest BCUT2D eigenvalue weighted by molar-refractivity contribution is -0.384. The molecule has 0 aliphatic heterocycles. The van der Waals surface area contributed by atoms with E-state index >= 15 is 0 Å². The molecule has 2 aromatic carbocycles. The van der Waals surface area contributed by atoms with Gasteiger partial charge in [0.2, 0.25) is 5.88 Å². The van der Waals surface area contributed by atoms with Crippen molar-refractivity contribution in [1.82, 2.24) is 5.16 Å². The van der Waals surface area contributed by atoms with Crippen LogP contribution in [0.25, 0.3) is 22.4 Å². The molecular formula is C15H10FN3O3. The van der Waals surface area contributed by atoms with Crippen molar-refractivity contribution in [3.63, 3.8) is 0 Å². The van der Waals surface area contributed by atoms with Crippen LogP contribution in [0, 0.1) is 15.9 Å². The van der Waals surface area contributed by atoms with E-state index in [4.69, 9.17) is 10.3 Å². The predicted molar refractivity (Wildman–Crippen MR) is 78.4 cm³/mol. The summed E-state index contributed by atoms with van der Waals surface area (Å²) in [5.41, 5.74) is 8.00. The largest absolute Gasteiger partial charge is 0.367 e. The third-order valence-electron chi connectivity index (χ3n) is 3.20. The Kier molecular flexibility index (Phi) is 3.30. The zero-order valence-electron chi connectivity index (χ0n) is 11.2. The fraction of sp³-hybridized carbons (Fsp3) is 0. The molecule has 0 amide bonds. The highest BCUT2D eigenvalue weighted by atomic mass is 19.1. The van der Waals surface area contributed by atoms with Gasteiger partial charge in [-0.2, -0.15) is 0 Å². The molecule has 0 bridgehead atoms. The van der Waals surface area contributed by atoms with Crippen molar-refractivity contribution in [2.24, 2.45) is 0 Å². The minimum absolute atomic E-state index is 0.0245. The maximum atomic E-state index is 13.0. The first-order valence-corrected chi connectivity index (χ1v) is 6.32. The van der Waals surface area contributed by atoms with Crippen LogP contribution in [0.1, 0.15) is 0 Å². The van der Waals surface area contributed by atoms with E-state index in [-0.39, 0.29) is 17.4 Å². The molecule has 6 nitrogen and oxygen atoms in total. The van der Waals surface area contributed by atoms with Gasteiger partial charge in [-0.05, 0) is 29.8 Å². The van der Waals surface area contributed by atoms with Gasteiger partial charge in [0.15, 0.2) is 0 Å². The molecule has 0 unspecified atom stereocenters. The molecule has 1 aromatic heterocycles. The molecule has 0 saturated heterocycles. The number of aromatic nitrogens is 1. The molecule has 0 saturated carbocycles. The Morgan fingerprint density at radius 3 is 2.23 bits per heavy atom. The average Bonchev–Trinajstić information content (AvgIpc) is 2.90. The molecule has 0 aliphatic carbocycles. The van der Waals surface area contributed by atoms with Gasteiger partial charge in [-0.1, -0.05) is 17.3 Å². The van der Waals surface area contributed by atoms with Crippen LogP contribution in [0.4, 0.5) is 16.0 Å². The summed E-state index contributed by atoms with van der Waals surface area (Å²) in [5, 5.41) is 14.6. The number of benzene rings is 2. The standard InChI is InChI=1S/C15H10FN3O3/c16-11-5-1-9(2-6-11)13-14(18-22-15(13)17)10-3-7-12(8-4-10)19(20)21/h1-8H,17H2. The molecule has 0 fully saturated rings. The van der Waals surface area contributed by atoms with Gasteiger partial charge in [0.1, 0.15) is 11.5 Å². The molecular weight excluding hydrogens is 289 g/mol. The summed E-state index contributed by atoms with van der Waals surface area (Å²) in [6.45, 7) is 0. The molecule has 1 heterocycles. The van der Waals surface area contributed by atoms with Crippen LogP contribution in [0.15, 0.2) is 53.1 Å². The summed E-state index contributed by atoms with van der Waals surface area (Å²) in [7, 11) is 0. The number of anilines is 1. The highest BCUT2D eigenvalue weighted by molar-refractivity contribution is 5.86. The van der Waals surface area contributed by atoms with Gasteiger partial charge in [0, 0.05) is 17.7 Å². The van der Waals surface area contributed by atoms with Gasteiger partial charge >= 0.3 is 0 Å². The van der Waals surface area contributed by atoms with Crippen molar-refractivity contribution >= 4 is 11.6 Å². The summed E-state index contributed by atoms with van der Waals surface area (Å²) < 4.78 is 18.1. The SMILES string of the molecule is Nc1onc(-c2ccc([N+](=O)[O-])cc2)c1-c1ccc(F)cc1. The van der Waals surface area contributed by atoms with Crippen molar-refractivity contribution in [2.75, 3.05) is 5.73 Å². The van der Waals surface area contributed by atoms with Crippen molar-refractivity contribution in [1.29, 1.82) is 0 Å². The fourth-order valence-electron chi connectivity index (χ4n) is 2.14. The highest BCUT2D eigenvalue weighted by Crippen LogP contribution is 2.36. The van der Waals surface area contributed by atoms with Crippen LogP contribution >= 0.6 is 0 Å². The Bertz CT molecular complexity index is 826. The molecule has 0 radical (unpaired) electrons. The number of hydrogen-bond acceptors (Lipinski definition) is 5. The predicted octanol–water partition coefficient (Wildman–Crippen LogP) is 3.64. The van der Waals surface area contributed by atoms with Gasteiger partial charge in [0.05, 0.1) is 10.5 Å². The minimum atomic E-state index is -0.484. The molecule has 0 aliphatic rings. The quantitative estimate of drug-likeness (QED) is 0.588. The van der Waals surface area contributed by atoms with E-state index in [0.29, 0.717) is 22.4 Å². The number of non-ortho nitro benzene ring substituents is 1. The van der Waals surface area contributed by atoms with Crippen LogP contribution in [-0.4, -0.2) is 10.1 Å². The molecule has 2 N–H and O–H groups in total. The Labute approximate surface area is 124 Å². The van der Waals surface area contributed by atoms with Crippen LogP contribution in [0.3, 0.4) is 0 Å². The summed E-state index contributed by atoms with van der Waals surface area (Å²) in [6.07, 6.45) is 0. The smallest absolute Gasteiger partial charge is 0.269 e. The molecule has 110 valence electrons. The summed E-state index contributed by atoms with van der Waals surface area (Å²) >= 11 is 0. The normalized spacial score (nSPS) is 10.6. The summed E-state index contributed by atoms with van der Waals surface area (Å²) in [6, 6.07) is 11.6. The molecule has 7 heteroatoms. The molecule has 0 atom stereocenters. The first-order chi connectivity index (χ1) is 10.6. The van der Waals surface area contributed by atoms with E-state index in [2.05, 4.69) is 5.16 Å². The van der Waals surface area contributed by atoms with Crippen molar-refractivity contribution in [3.8, 4) is 22.4 Å². The molecule has 3 aromatic rings. The van der Waals surface area contributed by atoms with E-state index in [1.165, 1.54) is 24.3 Å². The Hall–Kier alpha value is -3.22. The third-order valence-corrected chi connectivity index (χ3v) is 3.20. The second-order valence-corrected chi connectivity index (χ2v) is 4.58. The zero-order valence-corrected chi connectivity index (χ0v) is 11.2. The van der Waals surface area contributed by atoms with Crippen LogP contribution in [0.2, 0.25) is 0 Å². The van der Waals surface area contributed by atoms with Crippen LogP contribution < -0.4 is 5.73 Å². The van der Waals surface area contributed by atoms with E-state index in [9.17, 15) is 14.5 Å². The Morgan fingerprint density at radius 1 is 1.05 bits per heavy atom. The number of hydrogen-bond donors (Lipinski definition) is 1. The van der Waals surface area contributed by atoms with Gasteiger partial charge in [-0.15, -0.1) is 0 Å². The van der Waals surface area contributed by atoms with Crippen molar-refractivity contribution in [3.05, 3.63) is 64.5 Å². The summed E-state index contributed by atoms with van der Waals surface area (Å²) in [5.74, 6) is -0.268. The van der Waals surface area contributed by atoms with Gasteiger partial charge in [-0.3, -0.25) is 10.1 Å². The topological polar surface area (TPSA) is 95.2 Å². The number of nitro groups is 1. The number of nitro benzene ring substituents is 1. The van der Waals surface area contributed by atoms with Gasteiger partial charge in [0.25, 0.3) is 5.69 Å². The van der Waals surface area contributed by atoms with E-state index in [1.54, 1.807) is 24.3 Å². The first kappa shape index (κ1) is 13.7. The monoisotopic (exact) mass is 299 g/mol. The second kappa shape index (κ2) is 5.28. The van der Waals surface area contributed by atoms with E-state index < -0.39 is 4.92 Å². The maximum absolute atomic E-state index is 13.0. The number of rotatable bonds is 3. The lowest BCUT2D eigenvalue weighted by Gasteiger charge is -2.03. The van der Waals surface area contributed by atoms with Crippen molar-refractivity contribution in [2.45, 2.75) is 0 Å². The average molecular weight is 299 g/mol. The fourth-order valence-corrected chi connectivity index (χ4v) is 2.14. The lowest BCUT2D eigenvalue weighted by Crippen LogP contribution is -1.90. The van der Waals surface area contributed by atoms with Gasteiger partial charge in [-0.25, -0.2) is 4.39 Å². The molecule has 0 spiro atoms. The van der Waals surface area contributed by atoms with E-state index in [0.717, 1.165) is 0 Å². The highest BCUT2D eigenvalue weighted by Gasteiger charge is 2.18. The maximum Gasteiger partial charge on any atom is 0.269 e. The third kappa shape index (κ3) is 2.39.